The van der Waals surface area contributed by atoms with E-state index in [9.17, 15) is 4.79 Å². The van der Waals surface area contributed by atoms with E-state index in [1.54, 1.807) is 0 Å². The highest BCUT2D eigenvalue weighted by molar-refractivity contribution is 7.99. The number of rotatable bonds is 7. The average molecular weight is 329 g/mol. The number of guanidine groups is 1. The molecule has 0 aromatic heterocycles. The molecule has 1 aliphatic rings. The van der Waals surface area contributed by atoms with Gasteiger partial charge < -0.3 is 16.0 Å². The summed E-state index contributed by atoms with van der Waals surface area (Å²) < 4.78 is 0. The summed E-state index contributed by atoms with van der Waals surface area (Å²) in [5, 5.41) is 10.4. The monoisotopic (exact) mass is 328 g/mol. The van der Waals surface area contributed by atoms with Crippen molar-refractivity contribution in [2.75, 3.05) is 25.9 Å². The first-order valence-electron chi connectivity index (χ1n) is 8.28. The zero-order chi connectivity index (χ0) is 16.6. The fourth-order valence-electron chi connectivity index (χ4n) is 2.55. The lowest BCUT2D eigenvalue weighted by atomic mass is 9.92. The van der Waals surface area contributed by atoms with Crippen LogP contribution in [-0.2, 0) is 4.79 Å². The van der Waals surface area contributed by atoms with Crippen LogP contribution in [0.5, 0.6) is 0 Å². The summed E-state index contributed by atoms with van der Waals surface area (Å²) in [5.41, 5.74) is -0.490. The molecule has 2 atom stereocenters. The third-order valence-electron chi connectivity index (χ3n) is 3.99. The first-order valence-corrected chi connectivity index (χ1v) is 9.57. The molecule has 0 aliphatic heterocycles. The summed E-state index contributed by atoms with van der Waals surface area (Å²) in [6.45, 7) is 9.83. The molecule has 5 nitrogen and oxygen atoms in total. The van der Waals surface area contributed by atoms with Gasteiger partial charge >= 0.3 is 0 Å². The van der Waals surface area contributed by atoms with Crippen LogP contribution in [0.15, 0.2) is 4.99 Å². The van der Waals surface area contributed by atoms with Gasteiger partial charge in [0.25, 0.3) is 0 Å². The van der Waals surface area contributed by atoms with Crippen molar-refractivity contribution in [2.24, 2.45) is 10.4 Å². The molecule has 1 fully saturated rings. The van der Waals surface area contributed by atoms with Gasteiger partial charge in [0, 0.05) is 24.4 Å². The van der Waals surface area contributed by atoms with Gasteiger partial charge in [-0.1, -0.05) is 0 Å². The summed E-state index contributed by atoms with van der Waals surface area (Å²) in [6, 6.07) is 0.489. The molecule has 1 rings (SSSR count). The average Bonchev–Trinajstić information content (AvgIpc) is 2.93. The third kappa shape index (κ3) is 6.07. The number of nitrogens with one attached hydrogen (secondary N) is 3. The number of aliphatic imine (C=N–C) groups is 1. The van der Waals surface area contributed by atoms with Gasteiger partial charge in [0.2, 0.25) is 5.91 Å². The van der Waals surface area contributed by atoms with Crippen LogP contribution in [0.4, 0.5) is 0 Å². The van der Waals surface area contributed by atoms with E-state index in [-0.39, 0.29) is 5.91 Å². The Morgan fingerprint density at radius 3 is 2.45 bits per heavy atom. The largest absolute Gasteiger partial charge is 0.357 e. The number of nitrogens with zero attached hydrogens (tertiary/aromatic N) is 1. The number of hydrogen-bond acceptors (Lipinski definition) is 3. The molecular formula is C16H32N4OS. The topological polar surface area (TPSA) is 65.5 Å². The Kier molecular flexibility index (Phi) is 8.07. The zero-order valence-corrected chi connectivity index (χ0v) is 15.5. The van der Waals surface area contributed by atoms with Crippen molar-refractivity contribution < 1.29 is 4.79 Å². The quantitative estimate of drug-likeness (QED) is 0.494. The Hall–Kier alpha value is -0.910. The zero-order valence-electron chi connectivity index (χ0n) is 14.7. The molecule has 6 heteroatoms. The Morgan fingerprint density at radius 2 is 1.91 bits per heavy atom. The Labute approximate surface area is 139 Å². The molecule has 3 N–H and O–H groups in total. The van der Waals surface area contributed by atoms with Crippen molar-refractivity contribution in [2.45, 2.75) is 58.2 Å². The van der Waals surface area contributed by atoms with Crippen LogP contribution in [0, 0.1) is 5.41 Å². The summed E-state index contributed by atoms with van der Waals surface area (Å²) in [7, 11) is 0. The van der Waals surface area contributed by atoms with Gasteiger partial charge in [-0.3, -0.25) is 9.79 Å². The van der Waals surface area contributed by atoms with E-state index in [2.05, 4.69) is 34.1 Å². The van der Waals surface area contributed by atoms with Crippen molar-refractivity contribution in [3.63, 3.8) is 0 Å². The minimum Gasteiger partial charge on any atom is -0.357 e. The second kappa shape index (κ2) is 9.28. The summed E-state index contributed by atoms with van der Waals surface area (Å²) >= 11 is 1.95. The van der Waals surface area contributed by atoms with Gasteiger partial charge in [-0.25, -0.2) is 0 Å². The number of amides is 1. The minimum absolute atomic E-state index is 0.0536. The number of hydrogen-bond donors (Lipinski definition) is 3. The van der Waals surface area contributed by atoms with Crippen LogP contribution < -0.4 is 16.0 Å². The van der Waals surface area contributed by atoms with Gasteiger partial charge in [0.15, 0.2) is 5.96 Å². The highest BCUT2D eigenvalue weighted by atomic mass is 32.2. The van der Waals surface area contributed by atoms with Crippen molar-refractivity contribution in [1.29, 1.82) is 0 Å². The number of carbonyl (C=O) groups is 1. The molecule has 0 radical (unpaired) electrons. The predicted molar refractivity (Wildman–Crippen MR) is 96.5 cm³/mol. The van der Waals surface area contributed by atoms with Crippen LogP contribution in [0.1, 0.15) is 47.0 Å². The highest BCUT2D eigenvalue weighted by Gasteiger charge is 2.28. The van der Waals surface area contributed by atoms with E-state index in [0.29, 0.717) is 19.1 Å². The maximum Gasteiger partial charge on any atom is 0.227 e. The van der Waals surface area contributed by atoms with E-state index in [1.165, 1.54) is 19.3 Å². The van der Waals surface area contributed by atoms with Gasteiger partial charge in [-0.15, -0.1) is 0 Å². The van der Waals surface area contributed by atoms with E-state index in [4.69, 9.17) is 0 Å². The maximum atomic E-state index is 12.0. The van der Waals surface area contributed by atoms with Crippen LogP contribution in [-0.4, -0.2) is 49.0 Å². The highest BCUT2D eigenvalue weighted by Crippen LogP contribution is 2.28. The summed E-state index contributed by atoms with van der Waals surface area (Å²) in [5.74, 6) is 0.879. The van der Waals surface area contributed by atoms with E-state index < -0.39 is 5.41 Å². The standard InChI is InChI=1S/C16H32N4OS/c1-6-17-14(21)16(3,4)11-19-15(18-7-2)20-12-8-9-13(10-12)22-5/h12-13H,6-11H2,1-5H3,(H,17,21)(H2,18,19,20). The van der Waals surface area contributed by atoms with E-state index >= 15 is 0 Å². The molecule has 2 unspecified atom stereocenters. The second-order valence-corrected chi connectivity index (χ2v) is 7.59. The Bertz CT molecular complexity index is 384. The lowest BCUT2D eigenvalue weighted by Gasteiger charge is -2.23. The van der Waals surface area contributed by atoms with Crippen molar-refractivity contribution in [3.05, 3.63) is 0 Å². The number of thioether (sulfide) groups is 1. The van der Waals surface area contributed by atoms with Gasteiger partial charge in [-0.05, 0) is 53.2 Å². The molecule has 0 heterocycles. The van der Waals surface area contributed by atoms with E-state index in [1.807, 2.05) is 32.5 Å². The first-order chi connectivity index (χ1) is 10.4. The first kappa shape index (κ1) is 19.1. The molecule has 1 amide bonds. The molecular weight excluding hydrogens is 296 g/mol. The van der Waals surface area contributed by atoms with Crippen LogP contribution in [0.3, 0.4) is 0 Å². The number of carbonyl (C=O) groups excluding carboxylic acids is 1. The molecule has 22 heavy (non-hydrogen) atoms. The van der Waals surface area contributed by atoms with E-state index in [0.717, 1.165) is 17.8 Å². The molecule has 1 saturated carbocycles. The van der Waals surface area contributed by atoms with Gasteiger partial charge in [-0.2, -0.15) is 11.8 Å². The van der Waals surface area contributed by atoms with Crippen molar-refractivity contribution >= 4 is 23.6 Å². The fraction of sp³-hybridized carbons (Fsp3) is 0.875. The minimum atomic E-state index is -0.490. The third-order valence-corrected chi connectivity index (χ3v) is 5.08. The second-order valence-electron chi connectivity index (χ2n) is 6.45. The molecule has 0 saturated heterocycles. The van der Waals surface area contributed by atoms with Crippen LogP contribution in [0.25, 0.3) is 0 Å². The van der Waals surface area contributed by atoms with Crippen molar-refractivity contribution in [3.8, 4) is 0 Å². The van der Waals surface area contributed by atoms with Crippen LogP contribution >= 0.6 is 11.8 Å². The Balaban J connectivity index is 2.60. The SMILES string of the molecule is CCNC(=O)C(C)(C)CN=C(NCC)NC1CCC(SC)C1. The molecule has 0 aromatic rings. The molecule has 0 spiro atoms. The fourth-order valence-corrected chi connectivity index (χ4v) is 3.34. The van der Waals surface area contributed by atoms with Gasteiger partial charge in [0.05, 0.1) is 12.0 Å². The lowest BCUT2D eigenvalue weighted by Crippen LogP contribution is -2.44. The Morgan fingerprint density at radius 1 is 1.23 bits per heavy atom. The molecule has 0 bridgehead atoms. The molecule has 1 aliphatic carbocycles. The van der Waals surface area contributed by atoms with Gasteiger partial charge in [0.1, 0.15) is 0 Å². The normalized spacial score (nSPS) is 22.5. The summed E-state index contributed by atoms with van der Waals surface area (Å²) in [4.78, 5) is 16.7. The van der Waals surface area contributed by atoms with Crippen LogP contribution in [0.2, 0.25) is 0 Å². The lowest BCUT2D eigenvalue weighted by molar-refractivity contribution is -0.128. The molecule has 128 valence electrons. The predicted octanol–water partition coefficient (Wildman–Crippen LogP) is 1.99. The maximum absolute atomic E-state index is 12.0. The molecule has 0 aromatic carbocycles. The smallest absolute Gasteiger partial charge is 0.227 e. The summed E-state index contributed by atoms with van der Waals surface area (Å²) in [6.07, 6.45) is 5.82. The van der Waals surface area contributed by atoms with Crippen molar-refractivity contribution in [1.82, 2.24) is 16.0 Å².